The number of imidazole rings is 1. The van der Waals surface area contributed by atoms with Gasteiger partial charge in [-0.3, -0.25) is 9.55 Å². The molecule has 3 aromatic rings. The van der Waals surface area contributed by atoms with E-state index >= 15 is 0 Å². The molecule has 1 aliphatic heterocycles. The summed E-state index contributed by atoms with van der Waals surface area (Å²) in [6.07, 6.45) is 0.526. The van der Waals surface area contributed by atoms with E-state index in [0.717, 1.165) is 19.0 Å². The summed E-state index contributed by atoms with van der Waals surface area (Å²) in [5, 5.41) is 6.53. The fourth-order valence-corrected chi connectivity index (χ4v) is 4.41. The maximum atomic E-state index is 13.7. The molecule has 8 nitrogen and oxygen atoms in total. The number of halogens is 3. The molecule has 0 amide bonds. The summed E-state index contributed by atoms with van der Waals surface area (Å²) >= 11 is 0. The number of nitrogens with one attached hydrogen (secondary N) is 2. The molecule has 4 rings (SSSR count). The number of hydrogen-bond donors (Lipinski definition) is 2. The third kappa shape index (κ3) is 4.43. The summed E-state index contributed by atoms with van der Waals surface area (Å²) in [6, 6.07) is 1.53. The van der Waals surface area contributed by atoms with Crippen molar-refractivity contribution in [1.82, 2.24) is 29.8 Å². The first kappa shape index (κ1) is 21.7. The first-order valence-corrected chi connectivity index (χ1v) is 11.8. The smallest absolute Gasteiger partial charge is 0.350 e. The van der Waals surface area contributed by atoms with E-state index in [1.54, 1.807) is 0 Å². The number of nitrogens with zero attached hydrogens (tertiary/aromatic N) is 5. The zero-order valence-electron chi connectivity index (χ0n) is 17.3. The van der Waals surface area contributed by atoms with Gasteiger partial charge in [0, 0.05) is 30.5 Å². The van der Waals surface area contributed by atoms with Crippen LogP contribution in [0.15, 0.2) is 24.8 Å². The van der Waals surface area contributed by atoms with Crippen LogP contribution in [0.2, 0.25) is 0 Å². The number of hydrogen-bond acceptors (Lipinski definition) is 7. The van der Waals surface area contributed by atoms with Crippen molar-refractivity contribution in [3.05, 3.63) is 30.4 Å². The first-order chi connectivity index (χ1) is 14.5. The summed E-state index contributed by atoms with van der Waals surface area (Å²) in [5.41, 5.74) is -0.0383. The third-order valence-electron chi connectivity index (χ3n) is 5.38. The third-order valence-corrected chi connectivity index (χ3v) is 6.41. The second-order valence-electron chi connectivity index (χ2n) is 8.27. The highest BCUT2D eigenvalue weighted by Gasteiger charge is 2.36. The summed E-state index contributed by atoms with van der Waals surface area (Å²) in [5.74, 6) is -0.237. The van der Waals surface area contributed by atoms with E-state index in [0.29, 0.717) is 17.6 Å². The van der Waals surface area contributed by atoms with E-state index in [4.69, 9.17) is 0 Å². The maximum Gasteiger partial charge on any atom is 0.421 e. The lowest BCUT2D eigenvalue weighted by molar-refractivity contribution is -0.137. The van der Waals surface area contributed by atoms with Gasteiger partial charge < -0.3 is 15.2 Å². The fourth-order valence-electron chi connectivity index (χ4n) is 3.63. The minimum atomic E-state index is -4.66. The summed E-state index contributed by atoms with van der Waals surface area (Å²) in [7, 11) is -2.19. The lowest BCUT2D eigenvalue weighted by Crippen LogP contribution is -2.50. The molecular weight excluding hydrogens is 430 g/mol. The number of aromatic nitrogens is 5. The molecule has 2 atom stereocenters. The second-order valence-corrected chi connectivity index (χ2v) is 9.86. The molecule has 31 heavy (non-hydrogen) atoms. The van der Waals surface area contributed by atoms with Gasteiger partial charge in [0.1, 0.15) is 30.6 Å². The maximum absolute atomic E-state index is 13.7. The van der Waals surface area contributed by atoms with Crippen LogP contribution in [0, 0.1) is 0 Å². The Labute approximate surface area is 177 Å². The van der Waals surface area contributed by atoms with Crippen LogP contribution in [0.1, 0.15) is 32.3 Å². The first-order valence-electron chi connectivity index (χ1n) is 9.84. The minimum Gasteiger partial charge on any atom is -0.350 e. The molecular formula is C19H23F3N7OP. The van der Waals surface area contributed by atoms with Crippen molar-refractivity contribution in [3.8, 4) is 5.82 Å². The number of piperidine rings is 1. The number of rotatable bonds is 4. The van der Waals surface area contributed by atoms with Crippen molar-refractivity contribution >= 4 is 30.2 Å². The molecule has 0 radical (unpaired) electrons. The topological polar surface area (TPSA) is 97.6 Å². The van der Waals surface area contributed by atoms with E-state index in [-0.39, 0.29) is 28.8 Å². The van der Waals surface area contributed by atoms with Gasteiger partial charge in [0.15, 0.2) is 5.82 Å². The number of anilines is 1. The number of alkyl halides is 3. The lowest BCUT2D eigenvalue weighted by Gasteiger charge is -2.36. The van der Waals surface area contributed by atoms with Gasteiger partial charge in [0.05, 0.1) is 5.52 Å². The van der Waals surface area contributed by atoms with Gasteiger partial charge in [-0.2, -0.15) is 18.2 Å². The zero-order valence-corrected chi connectivity index (χ0v) is 18.3. The van der Waals surface area contributed by atoms with Gasteiger partial charge in [-0.05, 0) is 39.4 Å². The molecule has 166 valence electrons. The predicted octanol–water partition coefficient (Wildman–Crippen LogP) is 2.99. The highest BCUT2D eigenvalue weighted by molar-refractivity contribution is 7.52. The van der Waals surface area contributed by atoms with E-state index in [9.17, 15) is 17.7 Å². The molecule has 4 heterocycles. The Morgan fingerprint density at radius 2 is 2.06 bits per heavy atom. The van der Waals surface area contributed by atoms with E-state index < -0.39 is 19.5 Å². The normalized spacial score (nSPS) is 20.0. The van der Waals surface area contributed by atoms with Crippen LogP contribution in [0.5, 0.6) is 0 Å². The molecule has 0 bridgehead atoms. The van der Waals surface area contributed by atoms with E-state index in [1.165, 1.54) is 29.8 Å². The molecule has 0 spiro atoms. The molecule has 1 aliphatic rings. The molecule has 1 fully saturated rings. The average molecular weight is 453 g/mol. The standard InChI is InChI=1S/C19H23F3N7OP/c1-18(2)6-4-11(8-26-18)27-17-24-9-12(19(20,21)22)15(28-17)29-10-25-14-13(29)5-7-23-16(14)31(3)30/h5,7,9-11,26,31H,4,6,8H2,1-3H3,(H,24,27,28)/t11-/m0/s1. The predicted molar refractivity (Wildman–Crippen MR) is 113 cm³/mol. The molecule has 1 unspecified atom stereocenters. The van der Waals surface area contributed by atoms with Gasteiger partial charge in [-0.15, -0.1) is 0 Å². The van der Waals surface area contributed by atoms with Crippen LogP contribution in [0.4, 0.5) is 19.1 Å². The Morgan fingerprint density at radius 1 is 1.29 bits per heavy atom. The monoisotopic (exact) mass is 453 g/mol. The zero-order chi connectivity index (χ0) is 22.4. The van der Waals surface area contributed by atoms with Crippen LogP contribution in [-0.2, 0) is 10.7 Å². The van der Waals surface area contributed by atoms with Crippen LogP contribution in [-0.4, -0.2) is 49.3 Å². The van der Waals surface area contributed by atoms with Crippen molar-refractivity contribution in [2.45, 2.75) is 44.4 Å². The lowest BCUT2D eigenvalue weighted by atomic mass is 9.91. The van der Waals surface area contributed by atoms with Crippen molar-refractivity contribution in [3.63, 3.8) is 0 Å². The average Bonchev–Trinajstić information content (AvgIpc) is 3.12. The van der Waals surface area contributed by atoms with Gasteiger partial charge in [0.25, 0.3) is 0 Å². The highest BCUT2D eigenvalue weighted by Crippen LogP contribution is 2.34. The van der Waals surface area contributed by atoms with Crippen LogP contribution in [0.25, 0.3) is 16.9 Å². The van der Waals surface area contributed by atoms with Crippen LogP contribution < -0.4 is 16.1 Å². The molecule has 3 aromatic heterocycles. The highest BCUT2D eigenvalue weighted by atomic mass is 31.1. The van der Waals surface area contributed by atoms with Gasteiger partial charge in [-0.1, -0.05) is 0 Å². The van der Waals surface area contributed by atoms with Gasteiger partial charge in [0.2, 0.25) is 5.95 Å². The Kier molecular flexibility index (Phi) is 5.51. The summed E-state index contributed by atoms with van der Waals surface area (Å²) < 4.78 is 54.4. The van der Waals surface area contributed by atoms with Gasteiger partial charge >= 0.3 is 6.18 Å². The Morgan fingerprint density at radius 3 is 2.71 bits per heavy atom. The van der Waals surface area contributed by atoms with Crippen molar-refractivity contribution in [1.29, 1.82) is 0 Å². The molecule has 0 aromatic carbocycles. The number of fused-ring (bicyclic) bond motifs is 1. The largest absolute Gasteiger partial charge is 0.421 e. The van der Waals surface area contributed by atoms with Crippen molar-refractivity contribution in [2.75, 3.05) is 18.5 Å². The number of pyridine rings is 1. The SMILES string of the molecule is C[PH](=O)c1nccc2c1ncn2-c1nc(N[C@H]2CCC(C)(C)NC2)ncc1C(F)(F)F. The van der Waals surface area contributed by atoms with Crippen LogP contribution >= 0.6 is 7.80 Å². The fraction of sp³-hybridized carbons (Fsp3) is 0.474. The van der Waals surface area contributed by atoms with Gasteiger partial charge in [-0.25, -0.2) is 9.97 Å². The molecule has 12 heteroatoms. The van der Waals surface area contributed by atoms with E-state index in [1.807, 2.05) is 0 Å². The minimum absolute atomic E-state index is 0.00124. The summed E-state index contributed by atoms with van der Waals surface area (Å²) in [4.78, 5) is 16.4. The quantitative estimate of drug-likeness (QED) is 0.586. The Bertz CT molecular complexity index is 1140. The van der Waals surface area contributed by atoms with E-state index in [2.05, 4.69) is 44.4 Å². The van der Waals surface area contributed by atoms with Crippen molar-refractivity contribution < 1.29 is 17.7 Å². The Balaban J connectivity index is 1.76. The Hall–Kier alpha value is -2.52. The van der Waals surface area contributed by atoms with Crippen LogP contribution in [0.3, 0.4) is 0 Å². The molecule has 0 saturated carbocycles. The molecule has 2 N–H and O–H groups in total. The molecule has 1 saturated heterocycles. The van der Waals surface area contributed by atoms with Crippen molar-refractivity contribution in [2.24, 2.45) is 0 Å². The second kappa shape index (κ2) is 7.87. The molecule has 0 aliphatic carbocycles. The summed E-state index contributed by atoms with van der Waals surface area (Å²) in [6.45, 7) is 6.38.